The summed E-state index contributed by atoms with van der Waals surface area (Å²) in [7, 11) is 0. The Kier molecular flexibility index (Phi) is 6.32. The van der Waals surface area contributed by atoms with Crippen molar-refractivity contribution in [3.05, 3.63) is 57.8 Å². The number of ether oxygens (including phenoxy) is 1. The summed E-state index contributed by atoms with van der Waals surface area (Å²) in [6.07, 6.45) is 4.96. The summed E-state index contributed by atoms with van der Waals surface area (Å²) in [5.41, 5.74) is 4.20. The molecule has 1 aromatic carbocycles. The zero-order valence-electron chi connectivity index (χ0n) is 20.3. The lowest BCUT2D eigenvalue weighted by molar-refractivity contribution is -0.143. The number of amides is 1. The second-order valence-electron chi connectivity index (χ2n) is 10.3. The van der Waals surface area contributed by atoms with Crippen molar-refractivity contribution in [2.24, 2.45) is 16.8 Å². The Morgan fingerprint density at radius 1 is 1.18 bits per heavy atom. The minimum Gasteiger partial charge on any atom is -0.459 e. The van der Waals surface area contributed by atoms with Gasteiger partial charge in [-0.05, 0) is 69.8 Å². The van der Waals surface area contributed by atoms with E-state index in [4.69, 9.17) is 9.73 Å². The van der Waals surface area contributed by atoms with Gasteiger partial charge in [-0.1, -0.05) is 48.0 Å². The normalized spacial score (nSPS) is 27.6. The third-order valence-corrected chi connectivity index (χ3v) is 8.27. The first-order chi connectivity index (χ1) is 16.3. The fourth-order valence-corrected chi connectivity index (χ4v) is 6.78. The van der Waals surface area contributed by atoms with Crippen molar-refractivity contribution in [2.75, 3.05) is 0 Å². The van der Waals surface area contributed by atoms with E-state index in [0.717, 1.165) is 34.3 Å². The van der Waals surface area contributed by atoms with E-state index in [1.165, 1.54) is 31.0 Å². The maximum Gasteiger partial charge on any atom is 0.338 e. The highest BCUT2D eigenvalue weighted by molar-refractivity contribution is 8.16. The van der Waals surface area contributed by atoms with Gasteiger partial charge in [-0.25, -0.2) is 9.79 Å². The van der Waals surface area contributed by atoms with E-state index in [2.05, 4.69) is 34.5 Å². The van der Waals surface area contributed by atoms with E-state index in [0.29, 0.717) is 23.2 Å². The highest BCUT2D eigenvalue weighted by Gasteiger charge is 2.43. The quantitative estimate of drug-likeness (QED) is 0.567. The van der Waals surface area contributed by atoms with Crippen molar-refractivity contribution in [1.82, 2.24) is 10.2 Å². The van der Waals surface area contributed by atoms with Crippen LogP contribution in [0.1, 0.15) is 70.0 Å². The van der Waals surface area contributed by atoms with Crippen LogP contribution in [0.25, 0.3) is 0 Å². The van der Waals surface area contributed by atoms with Gasteiger partial charge in [0.05, 0.1) is 29.8 Å². The van der Waals surface area contributed by atoms with Gasteiger partial charge in [0.25, 0.3) is 0 Å². The number of hydrogen-bond donors (Lipinski definition) is 1. The Morgan fingerprint density at radius 2 is 1.94 bits per heavy atom. The minimum atomic E-state index is -0.379. The first kappa shape index (κ1) is 23.2. The van der Waals surface area contributed by atoms with E-state index in [1.54, 1.807) is 0 Å². The smallest absolute Gasteiger partial charge is 0.338 e. The molecule has 1 amide bonds. The van der Waals surface area contributed by atoms with Crippen LogP contribution in [-0.4, -0.2) is 34.1 Å². The summed E-state index contributed by atoms with van der Waals surface area (Å²) in [5.74, 6) is 1.11. The number of carbonyl (C=O) groups excluding carboxylic acids is 2. The lowest BCUT2D eigenvalue weighted by Crippen LogP contribution is -2.41. The molecule has 2 aliphatic heterocycles. The Balaban J connectivity index is 1.42. The van der Waals surface area contributed by atoms with Gasteiger partial charge in [-0.15, -0.1) is 0 Å². The number of carbonyl (C=O) groups is 2. The van der Waals surface area contributed by atoms with Crippen molar-refractivity contribution in [3.8, 4) is 0 Å². The summed E-state index contributed by atoms with van der Waals surface area (Å²) in [4.78, 5) is 33.1. The number of nitrogens with zero attached hydrogens (tertiary/aromatic N) is 2. The largest absolute Gasteiger partial charge is 0.459 e. The number of allylic oxidation sites excluding steroid dienone is 1. The average Bonchev–Trinajstić information content (AvgIpc) is 3.49. The zero-order valence-corrected chi connectivity index (χ0v) is 21.2. The molecule has 2 heterocycles. The third kappa shape index (κ3) is 4.42. The summed E-state index contributed by atoms with van der Waals surface area (Å²) in [6.45, 7) is 7.61. The SMILES string of the molecule is CC1=C(C(=O)OC(C)C)[C@@H](c2ccc(C)cc2)N2C(CC(=O)N[C@H]3C[C@H]4CC[C@H]3C4)=CSC2=N1. The van der Waals surface area contributed by atoms with Crippen LogP contribution in [0.2, 0.25) is 0 Å². The van der Waals surface area contributed by atoms with Crippen LogP contribution >= 0.6 is 11.8 Å². The van der Waals surface area contributed by atoms with Crippen LogP contribution in [0.15, 0.2) is 51.6 Å². The number of benzene rings is 1. The van der Waals surface area contributed by atoms with Gasteiger partial charge in [0.2, 0.25) is 5.91 Å². The lowest BCUT2D eigenvalue weighted by Gasteiger charge is -2.36. The van der Waals surface area contributed by atoms with Gasteiger partial charge >= 0.3 is 5.97 Å². The maximum absolute atomic E-state index is 13.2. The number of thioether (sulfide) groups is 1. The zero-order chi connectivity index (χ0) is 24.0. The number of aliphatic imine (C=N–C) groups is 1. The summed E-state index contributed by atoms with van der Waals surface area (Å²) < 4.78 is 5.62. The van der Waals surface area contributed by atoms with Crippen LogP contribution in [0, 0.1) is 18.8 Å². The van der Waals surface area contributed by atoms with Gasteiger partial charge in [0.15, 0.2) is 5.17 Å². The van der Waals surface area contributed by atoms with Crippen LogP contribution in [0.5, 0.6) is 0 Å². The molecule has 6 nitrogen and oxygen atoms in total. The van der Waals surface area contributed by atoms with Gasteiger partial charge in [-0.3, -0.25) is 4.79 Å². The number of fused-ring (bicyclic) bond motifs is 3. The van der Waals surface area contributed by atoms with Crippen molar-refractivity contribution in [1.29, 1.82) is 0 Å². The number of rotatable bonds is 6. The van der Waals surface area contributed by atoms with Crippen LogP contribution in [0.4, 0.5) is 0 Å². The molecule has 0 spiro atoms. The molecule has 180 valence electrons. The Hall–Kier alpha value is -2.54. The van der Waals surface area contributed by atoms with Gasteiger partial charge < -0.3 is 15.0 Å². The molecule has 0 aromatic heterocycles. The predicted molar refractivity (Wildman–Crippen MR) is 135 cm³/mol. The molecule has 5 rings (SSSR count). The highest BCUT2D eigenvalue weighted by atomic mass is 32.2. The molecule has 1 aromatic rings. The number of nitrogens with one attached hydrogen (secondary N) is 1. The standard InChI is InChI=1S/C27H33N3O3S/c1-15(2)33-26(32)24-17(4)28-27-30(25(24)19-8-5-16(3)6-9-19)21(14-34-27)13-23(31)29-22-12-18-7-10-20(22)11-18/h5-6,8-9,14-15,18,20,22,25H,7,10-13H2,1-4H3,(H,29,31)/t18-,20-,22-,25+/m0/s1. The summed E-state index contributed by atoms with van der Waals surface area (Å²) in [6, 6.07) is 8.13. The number of aryl methyl sites for hydroxylation is 1. The Bertz CT molecular complexity index is 1090. The van der Waals surface area contributed by atoms with Crippen LogP contribution in [-0.2, 0) is 14.3 Å². The number of hydrogen-bond acceptors (Lipinski definition) is 6. The first-order valence-corrected chi connectivity index (χ1v) is 13.2. The molecule has 0 saturated heterocycles. The Morgan fingerprint density at radius 3 is 2.59 bits per heavy atom. The highest BCUT2D eigenvalue weighted by Crippen LogP contribution is 2.46. The fourth-order valence-electron chi connectivity index (χ4n) is 5.82. The van der Waals surface area contributed by atoms with E-state index in [9.17, 15) is 9.59 Å². The number of amidine groups is 1. The van der Waals surface area contributed by atoms with Crippen molar-refractivity contribution in [3.63, 3.8) is 0 Å². The van der Waals surface area contributed by atoms with Crippen molar-refractivity contribution in [2.45, 2.75) is 78.0 Å². The average molecular weight is 480 g/mol. The fraction of sp³-hybridized carbons (Fsp3) is 0.519. The molecule has 0 radical (unpaired) electrons. The topological polar surface area (TPSA) is 71.0 Å². The molecule has 1 N–H and O–H groups in total. The van der Waals surface area contributed by atoms with E-state index >= 15 is 0 Å². The van der Waals surface area contributed by atoms with E-state index in [-0.39, 0.29) is 30.4 Å². The molecule has 7 heteroatoms. The minimum absolute atomic E-state index is 0.0471. The molecule has 2 saturated carbocycles. The molecule has 34 heavy (non-hydrogen) atoms. The molecule has 4 aliphatic rings. The van der Waals surface area contributed by atoms with Crippen LogP contribution < -0.4 is 5.32 Å². The van der Waals surface area contributed by atoms with E-state index in [1.807, 2.05) is 33.1 Å². The third-order valence-electron chi connectivity index (χ3n) is 7.38. The molecule has 4 atom stereocenters. The lowest BCUT2D eigenvalue weighted by atomic mass is 9.93. The Labute approximate surface area is 205 Å². The molecule has 2 bridgehead atoms. The summed E-state index contributed by atoms with van der Waals surface area (Å²) in [5, 5.41) is 6.11. The maximum atomic E-state index is 13.2. The molecule has 0 unspecified atom stereocenters. The van der Waals surface area contributed by atoms with Crippen molar-refractivity contribution < 1.29 is 14.3 Å². The van der Waals surface area contributed by atoms with Gasteiger partial charge in [0.1, 0.15) is 0 Å². The predicted octanol–water partition coefficient (Wildman–Crippen LogP) is 5.22. The number of esters is 1. The molecular weight excluding hydrogens is 446 g/mol. The van der Waals surface area contributed by atoms with Crippen LogP contribution in [0.3, 0.4) is 0 Å². The first-order valence-electron chi connectivity index (χ1n) is 12.3. The molecule has 2 aliphatic carbocycles. The van der Waals surface area contributed by atoms with Gasteiger partial charge in [0, 0.05) is 11.7 Å². The molecule has 2 fully saturated rings. The summed E-state index contributed by atoms with van der Waals surface area (Å²) >= 11 is 1.51. The van der Waals surface area contributed by atoms with Crippen molar-refractivity contribution >= 4 is 28.8 Å². The monoisotopic (exact) mass is 479 g/mol. The van der Waals surface area contributed by atoms with E-state index < -0.39 is 0 Å². The van der Waals surface area contributed by atoms with Gasteiger partial charge in [-0.2, -0.15) is 0 Å². The second-order valence-corrected chi connectivity index (χ2v) is 11.1. The second kappa shape index (κ2) is 9.25. The molecular formula is C27H33N3O3S.